The molecule has 0 bridgehead atoms. The molecule has 128 valence electrons. The summed E-state index contributed by atoms with van der Waals surface area (Å²) in [6.45, 7) is 5.00. The lowest BCUT2D eigenvalue weighted by molar-refractivity contribution is -0.128. The van der Waals surface area contributed by atoms with Crippen molar-refractivity contribution in [2.75, 3.05) is 40.3 Å². The van der Waals surface area contributed by atoms with Crippen molar-refractivity contribution in [1.82, 2.24) is 14.1 Å². The summed E-state index contributed by atoms with van der Waals surface area (Å²) in [5.41, 5.74) is 0. The monoisotopic (exact) mass is 331 g/mol. The van der Waals surface area contributed by atoms with Gasteiger partial charge in [0.05, 0.1) is 0 Å². The van der Waals surface area contributed by atoms with Crippen molar-refractivity contribution >= 4 is 15.9 Å². The largest absolute Gasteiger partial charge is 0.348 e. The van der Waals surface area contributed by atoms with Gasteiger partial charge in [-0.1, -0.05) is 6.42 Å². The van der Waals surface area contributed by atoms with E-state index in [1.165, 1.54) is 31.1 Å². The molecule has 2 atom stereocenters. The van der Waals surface area contributed by atoms with Crippen LogP contribution in [0.5, 0.6) is 0 Å². The highest BCUT2D eigenvalue weighted by atomic mass is 32.2. The Morgan fingerprint density at radius 2 is 1.77 bits per heavy atom. The van der Waals surface area contributed by atoms with E-state index >= 15 is 0 Å². The molecular weight excluding hydrogens is 302 g/mol. The summed E-state index contributed by atoms with van der Waals surface area (Å²) >= 11 is 0. The predicted molar refractivity (Wildman–Crippen MR) is 87.1 cm³/mol. The normalized spacial score (nSPS) is 26.0. The molecule has 22 heavy (non-hydrogen) atoms. The number of carbonyl (C=O) groups is 1. The summed E-state index contributed by atoms with van der Waals surface area (Å²) in [4.78, 5) is 15.8. The van der Waals surface area contributed by atoms with Crippen LogP contribution in [0.1, 0.15) is 39.0 Å². The Morgan fingerprint density at radius 3 is 2.36 bits per heavy atom. The van der Waals surface area contributed by atoms with Crippen LogP contribution in [0.2, 0.25) is 0 Å². The number of hydrogen-bond donors (Lipinski definition) is 0. The van der Waals surface area contributed by atoms with Gasteiger partial charge in [0.2, 0.25) is 15.9 Å². The summed E-state index contributed by atoms with van der Waals surface area (Å²) in [6.07, 6.45) is 5.47. The number of amides is 1. The SMILES string of the molecule is CC(C(=O)N(C)C)S(=O)(=O)N1CCCC1CN1CCCCC1. The Labute approximate surface area is 134 Å². The predicted octanol–water partition coefficient (Wildman–Crippen LogP) is 0.743. The van der Waals surface area contributed by atoms with E-state index in [0.29, 0.717) is 6.54 Å². The molecule has 2 aliphatic rings. The first-order chi connectivity index (χ1) is 10.3. The Balaban J connectivity index is 2.06. The standard InChI is InChI=1S/C15H29N3O3S/c1-13(15(19)16(2)3)22(20,21)18-11-7-8-14(18)12-17-9-5-4-6-10-17/h13-14H,4-12H2,1-3H3. The highest BCUT2D eigenvalue weighted by Gasteiger charge is 2.41. The van der Waals surface area contributed by atoms with Crippen molar-refractivity contribution in [3.63, 3.8) is 0 Å². The maximum Gasteiger partial charge on any atom is 0.241 e. The van der Waals surface area contributed by atoms with Crippen LogP contribution >= 0.6 is 0 Å². The average Bonchev–Trinajstić information content (AvgIpc) is 2.95. The highest BCUT2D eigenvalue weighted by molar-refractivity contribution is 7.90. The molecule has 2 heterocycles. The lowest BCUT2D eigenvalue weighted by Crippen LogP contribution is -2.50. The number of likely N-dealkylation sites (tertiary alicyclic amines) is 1. The van der Waals surface area contributed by atoms with Crippen molar-refractivity contribution in [3.05, 3.63) is 0 Å². The first-order valence-corrected chi connectivity index (χ1v) is 9.78. The quantitative estimate of drug-likeness (QED) is 0.746. The zero-order valence-corrected chi connectivity index (χ0v) is 14.8. The lowest BCUT2D eigenvalue weighted by Gasteiger charge is -2.33. The Kier molecular flexibility index (Phi) is 5.85. The van der Waals surface area contributed by atoms with Crippen molar-refractivity contribution in [1.29, 1.82) is 0 Å². The second-order valence-electron chi connectivity index (χ2n) is 6.69. The third kappa shape index (κ3) is 3.81. The van der Waals surface area contributed by atoms with Gasteiger partial charge in [0.25, 0.3) is 0 Å². The van der Waals surface area contributed by atoms with Gasteiger partial charge >= 0.3 is 0 Å². The molecule has 2 rings (SSSR count). The molecule has 0 spiro atoms. The smallest absolute Gasteiger partial charge is 0.241 e. The number of hydrogen-bond acceptors (Lipinski definition) is 4. The summed E-state index contributed by atoms with van der Waals surface area (Å²) < 4.78 is 27.2. The van der Waals surface area contributed by atoms with Gasteiger partial charge < -0.3 is 9.80 Å². The van der Waals surface area contributed by atoms with Crippen molar-refractivity contribution in [2.45, 2.75) is 50.3 Å². The minimum Gasteiger partial charge on any atom is -0.348 e. The van der Waals surface area contributed by atoms with Crippen LogP contribution in [0.25, 0.3) is 0 Å². The van der Waals surface area contributed by atoms with Gasteiger partial charge in [-0.05, 0) is 45.7 Å². The molecule has 0 aromatic rings. The molecular formula is C15H29N3O3S. The molecule has 0 N–H and O–H groups in total. The zero-order chi connectivity index (χ0) is 16.3. The molecule has 7 heteroatoms. The first kappa shape index (κ1) is 17.7. The summed E-state index contributed by atoms with van der Waals surface area (Å²) in [7, 11) is -0.366. The van der Waals surface area contributed by atoms with E-state index in [-0.39, 0.29) is 11.9 Å². The van der Waals surface area contributed by atoms with Crippen LogP contribution in [-0.2, 0) is 14.8 Å². The van der Waals surface area contributed by atoms with Gasteiger partial charge in [-0.2, -0.15) is 4.31 Å². The topological polar surface area (TPSA) is 60.9 Å². The summed E-state index contributed by atoms with van der Waals surface area (Å²) in [5, 5.41) is -0.996. The summed E-state index contributed by atoms with van der Waals surface area (Å²) in [5.74, 6) is -0.344. The van der Waals surface area contributed by atoms with E-state index < -0.39 is 15.3 Å². The molecule has 2 aliphatic heterocycles. The van der Waals surface area contributed by atoms with Gasteiger partial charge in [0, 0.05) is 33.2 Å². The van der Waals surface area contributed by atoms with Crippen LogP contribution in [0.4, 0.5) is 0 Å². The molecule has 0 aromatic carbocycles. The Bertz CT molecular complexity index is 486. The maximum absolute atomic E-state index is 12.8. The third-order valence-corrected chi connectivity index (χ3v) is 7.03. The van der Waals surface area contributed by atoms with E-state index in [1.54, 1.807) is 18.4 Å². The number of carbonyl (C=O) groups excluding carboxylic acids is 1. The maximum atomic E-state index is 12.8. The van der Waals surface area contributed by atoms with Gasteiger partial charge in [0.15, 0.2) is 5.25 Å². The van der Waals surface area contributed by atoms with Crippen molar-refractivity contribution in [2.24, 2.45) is 0 Å². The van der Waals surface area contributed by atoms with Crippen LogP contribution in [0.15, 0.2) is 0 Å². The number of piperidine rings is 1. The molecule has 0 aliphatic carbocycles. The molecule has 2 fully saturated rings. The van der Waals surface area contributed by atoms with Gasteiger partial charge in [-0.25, -0.2) is 8.42 Å². The average molecular weight is 331 g/mol. The fraction of sp³-hybridized carbons (Fsp3) is 0.933. The van der Waals surface area contributed by atoms with E-state index in [4.69, 9.17) is 0 Å². The minimum absolute atomic E-state index is 0.0283. The Hall–Kier alpha value is -0.660. The number of sulfonamides is 1. The zero-order valence-electron chi connectivity index (χ0n) is 14.0. The van der Waals surface area contributed by atoms with E-state index in [0.717, 1.165) is 32.5 Å². The number of rotatable bonds is 5. The molecule has 0 radical (unpaired) electrons. The molecule has 0 saturated carbocycles. The second-order valence-corrected chi connectivity index (χ2v) is 8.89. The highest BCUT2D eigenvalue weighted by Crippen LogP contribution is 2.25. The second kappa shape index (κ2) is 7.27. The Morgan fingerprint density at radius 1 is 1.14 bits per heavy atom. The van der Waals surface area contributed by atoms with Crippen molar-refractivity contribution < 1.29 is 13.2 Å². The first-order valence-electron chi connectivity index (χ1n) is 8.28. The summed E-state index contributed by atoms with van der Waals surface area (Å²) in [6, 6.07) is 0.0283. The molecule has 0 aromatic heterocycles. The van der Waals surface area contributed by atoms with Gasteiger partial charge in [-0.3, -0.25) is 4.79 Å². The van der Waals surface area contributed by atoms with Gasteiger partial charge in [0.1, 0.15) is 0 Å². The van der Waals surface area contributed by atoms with E-state index in [9.17, 15) is 13.2 Å². The molecule has 2 saturated heterocycles. The lowest BCUT2D eigenvalue weighted by atomic mass is 10.1. The van der Waals surface area contributed by atoms with E-state index in [2.05, 4.69) is 4.90 Å². The van der Waals surface area contributed by atoms with Crippen LogP contribution in [0.3, 0.4) is 0 Å². The number of nitrogens with zero attached hydrogens (tertiary/aromatic N) is 3. The van der Waals surface area contributed by atoms with Crippen LogP contribution < -0.4 is 0 Å². The fourth-order valence-corrected chi connectivity index (χ4v) is 5.30. The van der Waals surface area contributed by atoms with Crippen LogP contribution in [0, 0.1) is 0 Å². The molecule has 1 amide bonds. The van der Waals surface area contributed by atoms with Gasteiger partial charge in [-0.15, -0.1) is 0 Å². The molecule has 2 unspecified atom stereocenters. The van der Waals surface area contributed by atoms with E-state index in [1.807, 2.05) is 0 Å². The fourth-order valence-electron chi connectivity index (χ4n) is 3.46. The minimum atomic E-state index is -3.57. The van der Waals surface area contributed by atoms with Crippen LogP contribution in [-0.4, -0.2) is 80.0 Å². The third-order valence-electron chi connectivity index (χ3n) is 4.80. The van der Waals surface area contributed by atoms with Crippen molar-refractivity contribution in [3.8, 4) is 0 Å². The molecule has 6 nitrogen and oxygen atoms in total.